The number of alkyl halides is 3. The fourth-order valence-electron chi connectivity index (χ4n) is 2.37. The zero-order chi connectivity index (χ0) is 15.7. The molecule has 0 unspecified atom stereocenters. The van der Waals surface area contributed by atoms with E-state index in [0.29, 0.717) is 21.5 Å². The zero-order valence-electron chi connectivity index (χ0n) is 11.3. The Morgan fingerprint density at radius 1 is 1.27 bits per heavy atom. The Bertz CT molecular complexity index is 806. The topological polar surface area (TPSA) is 34.9 Å². The van der Waals surface area contributed by atoms with Gasteiger partial charge in [-0.1, -0.05) is 18.2 Å². The van der Waals surface area contributed by atoms with Crippen LogP contribution in [0.3, 0.4) is 0 Å². The molecule has 7 heteroatoms. The molecular formula is C15H11F3N2OS. The van der Waals surface area contributed by atoms with Gasteiger partial charge in [0.1, 0.15) is 11.6 Å². The highest BCUT2D eigenvalue weighted by Gasteiger charge is 2.29. The van der Waals surface area contributed by atoms with Crippen LogP contribution in [0.15, 0.2) is 42.0 Å². The Labute approximate surface area is 128 Å². The molecule has 0 fully saturated rings. The Hall–Kier alpha value is -2.15. The van der Waals surface area contributed by atoms with E-state index >= 15 is 0 Å². The molecule has 0 atom stereocenters. The summed E-state index contributed by atoms with van der Waals surface area (Å²) in [4.78, 5) is 16.4. The van der Waals surface area contributed by atoms with Gasteiger partial charge < -0.3 is 4.57 Å². The minimum Gasteiger partial charge on any atom is -0.338 e. The minimum absolute atomic E-state index is 0.0949. The summed E-state index contributed by atoms with van der Waals surface area (Å²) < 4.78 is 39.1. The molecule has 2 aromatic heterocycles. The number of carbonyl (C=O) groups excluding carboxylic acids is 1. The van der Waals surface area contributed by atoms with Gasteiger partial charge in [0, 0.05) is 34.2 Å². The van der Waals surface area contributed by atoms with E-state index in [-0.39, 0.29) is 12.2 Å². The Morgan fingerprint density at radius 2 is 2.05 bits per heavy atom. The summed E-state index contributed by atoms with van der Waals surface area (Å²) in [7, 11) is 0. The van der Waals surface area contributed by atoms with Crippen LogP contribution in [0.1, 0.15) is 15.4 Å². The Morgan fingerprint density at radius 3 is 2.73 bits per heavy atom. The van der Waals surface area contributed by atoms with Crippen LogP contribution in [-0.2, 0) is 13.0 Å². The number of benzene rings is 1. The van der Waals surface area contributed by atoms with Crippen molar-refractivity contribution in [2.45, 2.75) is 19.1 Å². The molecule has 1 aromatic carbocycles. The van der Waals surface area contributed by atoms with Crippen molar-refractivity contribution in [1.82, 2.24) is 9.55 Å². The van der Waals surface area contributed by atoms with Crippen LogP contribution in [0, 0.1) is 0 Å². The molecule has 3 rings (SSSR count). The van der Waals surface area contributed by atoms with Gasteiger partial charge in [0.2, 0.25) is 0 Å². The average Bonchev–Trinajstić information content (AvgIpc) is 3.06. The lowest BCUT2D eigenvalue weighted by Gasteiger charge is -2.08. The molecule has 0 radical (unpaired) electrons. The van der Waals surface area contributed by atoms with Crippen LogP contribution in [-0.4, -0.2) is 21.5 Å². The first-order chi connectivity index (χ1) is 10.4. The van der Waals surface area contributed by atoms with Crippen molar-refractivity contribution in [2.75, 3.05) is 0 Å². The number of para-hydroxylation sites is 1. The lowest BCUT2D eigenvalue weighted by atomic mass is 10.1. The Balaban J connectivity index is 2.00. The molecule has 0 aliphatic rings. The molecule has 0 N–H and O–H groups in total. The molecule has 0 saturated heterocycles. The van der Waals surface area contributed by atoms with Crippen LogP contribution >= 0.6 is 11.3 Å². The van der Waals surface area contributed by atoms with Gasteiger partial charge in [0.05, 0.1) is 6.42 Å². The number of Topliss-reactive ketones (excluding diaryl/α,β-unsaturated/α-hetero) is 1. The SMILES string of the molecule is O=C(Cc1nccs1)c1cn(CC(F)(F)F)c2ccccc12. The number of hydrogen-bond donors (Lipinski definition) is 0. The average molecular weight is 324 g/mol. The van der Waals surface area contributed by atoms with Crippen molar-refractivity contribution in [3.8, 4) is 0 Å². The third kappa shape index (κ3) is 3.04. The van der Waals surface area contributed by atoms with Gasteiger partial charge >= 0.3 is 6.18 Å². The quantitative estimate of drug-likeness (QED) is 0.678. The van der Waals surface area contributed by atoms with Crippen molar-refractivity contribution in [1.29, 1.82) is 0 Å². The molecule has 3 nitrogen and oxygen atoms in total. The predicted molar refractivity (Wildman–Crippen MR) is 78.1 cm³/mol. The second-order valence-electron chi connectivity index (χ2n) is 4.83. The van der Waals surface area contributed by atoms with Gasteiger partial charge in [-0.05, 0) is 6.07 Å². The van der Waals surface area contributed by atoms with Gasteiger partial charge in [-0.3, -0.25) is 4.79 Å². The highest BCUT2D eigenvalue weighted by atomic mass is 32.1. The summed E-state index contributed by atoms with van der Waals surface area (Å²) in [6.45, 7) is -1.11. The van der Waals surface area contributed by atoms with Gasteiger partial charge in [0.25, 0.3) is 0 Å². The largest absolute Gasteiger partial charge is 0.406 e. The number of ketones is 1. The van der Waals surface area contributed by atoms with Crippen LogP contribution in [0.4, 0.5) is 13.2 Å². The fraction of sp³-hybridized carbons (Fsp3) is 0.200. The van der Waals surface area contributed by atoms with E-state index in [0.717, 1.165) is 4.57 Å². The summed E-state index contributed by atoms with van der Waals surface area (Å²) in [5.41, 5.74) is 0.706. The molecule has 0 aliphatic carbocycles. The van der Waals surface area contributed by atoms with E-state index in [1.54, 1.807) is 35.8 Å². The number of rotatable bonds is 4. The highest BCUT2D eigenvalue weighted by molar-refractivity contribution is 7.09. The third-order valence-electron chi connectivity index (χ3n) is 3.23. The molecule has 0 aliphatic heterocycles. The van der Waals surface area contributed by atoms with Crippen LogP contribution in [0.25, 0.3) is 10.9 Å². The number of aromatic nitrogens is 2. The van der Waals surface area contributed by atoms with Crippen LogP contribution < -0.4 is 0 Å². The van der Waals surface area contributed by atoms with E-state index in [1.807, 2.05) is 0 Å². The highest BCUT2D eigenvalue weighted by Crippen LogP contribution is 2.27. The number of nitrogens with zero attached hydrogens (tertiary/aromatic N) is 2. The van der Waals surface area contributed by atoms with Gasteiger partial charge in [-0.25, -0.2) is 4.98 Å². The van der Waals surface area contributed by atoms with E-state index in [1.165, 1.54) is 17.5 Å². The molecule has 2 heterocycles. The lowest BCUT2D eigenvalue weighted by molar-refractivity contribution is -0.139. The van der Waals surface area contributed by atoms with Gasteiger partial charge in [-0.2, -0.15) is 13.2 Å². The summed E-state index contributed by atoms with van der Waals surface area (Å²) in [5, 5.41) is 2.95. The molecule has 0 bridgehead atoms. The maximum atomic E-state index is 12.7. The fourth-order valence-corrected chi connectivity index (χ4v) is 2.98. The molecular weight excluding hydrogens is 313 g/mol. The Kier molecular flexibility index (Phi) is 3.74. The second-order valence-corrected chi connectivity index (χ2v) is 5.81. The first-order valence-corrected chi connectivity index (χ1v) is 7.38. The maximum Gasteiger partial charge on any atom is 0.406 e. The predicted octanol–water partition coefficient (Wildman–Crippen LogP) is 4.09. The molecule has 22 heavy (non-hydrogen) atoms. The van der Waals surface area contributed by atoms with Crippen molar-refractivity contribution in [2.24, 2.45) is 0 Å². The summed E-state index contributed by atoms with van der Waals surface area (Å²) in [6, 6.07) is 6.61. The lowest BCUT2D eigenvalue weighted by Crippen LogP contribution is -2.16. The van der Waals surface area contributed by atoms with Crippen molar-refractivity contribution < 1.29 is 18.0 Å². The maximum absolute atomic E-state index is 12.7. The van der Waals surface area contributed by atoms with E-state index in [9.17, 15) is 18.0 Å². The van der Waals surface area contributed by atoms with E-state index in [4.69, 9.17) is 0 Å². The zero-order valence-corrected chi connectivity index (χ0v) is 12.1. The monoisotopic (exact) mass is 324 g/mol. The van der Waals surface area contributed by atoms with Crippen molar-refractivity contribution in [3.05, 3.63) is 52.6 Å². The summed E-state index contributed by atoms with van der Waals surface area (Å²) in [5.74, 6) is -0.230. The number of hydrogen-bond acceptors (Lipinski definition) is 3. The van der Waals surface area contributed by atoms with Crippen molar-refractivity contribution >= 4 is 28.0 Å². The van der Waals surface area contributed by atoms with E-state index in [2.05, 4.69) is 4.98 Å². The first-order valence-electron chi connectivity index (χ1n) is 6.50. The van der Waals surface area contributed by atoms with Crippen LogP contribution in [0.2, 0.25) is 0 Å². The molecule has 0 saturated carbocycles. The van der Waals surface area contributed by atoms with Crippen molar-refractivity contribution in [3.63, 3.8) is 0 Å². The molecule has 0 amide bonds. The van der Waals surface area contributed by atoms with Gasteiger partial charge in [0.15, 0.2) is 5.78 Å². The smallest absolute Gasteiger partial charge is 0.338 e. The van der Waals surface area contributed by atoms with E-state index < -0.39 is 12.7 Å². The number of halogens is 3. The van der Waals surface area contributed by atoms with Gasteiger partial charge in [-0.15, -0.1) is 11.3 Å². The molecule has 3 aromatic rings. The van der Waals surface area contributed by atoms with Crippen LogP contribution in [0.5, 0.6) is 0 Å². The molecule has 114 valence electrons. The first kappa shape index (κ1) is 14.8. The number of carbonyl (C=O) groups is 1. The normalized spacial score (nSPS) is 12.0. The molecule has 0 spiro atoms. The third-order valence-corrected chi connectivity index (χ3v) is 4.01. The minimum atomic E-state index is -4.34. The summed E-state index contributed by atoms with van der Waals surface area (Å²) >= 11 is 1.35. The standard InChI is InChI=1S/C15H11F3N2OS/c16-15(17,18)9-20-8-11(10-3-1-2-4-12(10)20)13(21)7-14-19-5-6-22-14/h1-6,8H,7,9H2. The number of thiazole rings is 1. The second kappa shape index (κ2) is 5.57. The summed E-state index contributed by atoms with van der Waals surface area (Å²) in [6.07, 6.45) is -1.36. The number of fused-ring (bicyclic) bond motifs is 1.